The molecule has 0 aliphatic carbocycles. The summed E-state index contributed by atoms with van der Waals surface area (Å²) in [4.78, 5) is 16.2. The van der Waals surface area contributed by atoms with Crippen molar-refractivity contribution < 1.29 is 55.5 Å². The molecule has 0 unspecified atom stereocenters. The maximum atomic E-state index is 13.3. The summed E-state index contributed by atoms with van der Waals surface area (Å²) in [7, 11) is -6.27. The van der Waals surface area contributed by atoms with Gasteiger partial charge in [-0.2, -0.15) is 21.9 Å². The Hall–Kier alpha value is -6.72. The van der Waals surface area contributed by atoms with Crippen LogP contribution in [0, 0.1) is 0 Å². The number of methoxy groups -OCH3 is 2. The minimum Gasteiger partial charge on any atom is -0.871 e. The van der Waals surface area contributed by atoms with E-state index in [1.54, 1.807) is 111 Å². The average molecular weight is 1120 g/mol. The number of rotatable bonds is 14. The van der Waals surface area contributed by atoms with Crippen LogP contribution < -0.4 is 25.0 Å². The molecule has 75 heavy (non-hydrogen) atoms. The molecule has 8 aromatic rings. The summed E-state index contributed by atoms with van der Waals surface area (Å²) in [6.45, 7) is 3.42. The molecule has 0 aliphatic rings. The quantitative estimate of drug-likeness (QED) is 0.0260. The Kier molecular flexibility index (Phi) is 19.0. The number of halogens is 2. The number of aryl methyl sites for hydroxylation is 2. The number of carbonyl (C=O) groups excluding carboxylic acids is 1. The number of phenolic OH excluding ortho intramolecular Hbond substituents is 1. The Morgan fingerprint density at radius 1 is 0.627 bits per heavy atom. The van der Waals surface area contributed by atoms with Crippen molar-refractivity contribution in [3.63, 3.8) is 0 Å². The minimum atomic E-state index is -4.64. The summed E-state index contributed by atoms with van der Waals surface area (Å²) < 4.78 is 77.2. The zero-order valence-electron chi connectivity index (χ0n) is 40.1. The van der Waals surface area contributed by atoms with E-state index in [1.807, 2.05) is 0 Å². The Labute approximate surface area is 470 Å². The fourth-order valence-electron chi connectivity index (χ4n) is 7.56. The van der Waals surface area contributed by atoms with Crippen LogP contribution in [0.5, 0.6) is 23.0 Å². The second kappa shape index (κ2) is 24.7. The topological polar surface area (TPSA) is 284 Å². The number of amides is 1. The Morgan fingerprint density at radius 3 is 1.63 bits per heavy atom. The molecule has 8 aromatic carbocycles. The number of hydrogen-bond acceptors (Lipinski definition) is 15. The van der Waals surface area contributed by atoms with Crippen LogP contribution in [0.4, 0.5) is 34.1 Å². The number of fused-ring (bicyclic) bond motifs is 2. The van der Waals surface area contributed by atoms with Gasteiger partial charge in [-0.1, -0.05) is 116 Å². The van der Waals surface area contributed by atoms with Gasteiger partial charge in [0.2, 0.25) is 0 Å². The van der Waals surface area contributed by atoms with E-state index in [0.717, 1.165) is 0 Å². The molecule has 0 aromatic heterocycles. The number of ether oxygens (including phenoxy) is 2. The van der Waals surface area contributed by atoms with Crippen LogP contribution in [0.15, 0.2) is 169 Å². The van der Waals surface area contributed by atoms with E-state index in [0.29, 0.717) is 68.4 Å². The van der Waals surface area contributed by atoms with E-state index < -0.39 is 53.3 Å². The number of azo groups is 2. The second-order valence-electron chi connectivity index (χ2n) is 15.8. The molecule has 4 N–H and O–H groups in total. The van der Waals surface area contributed by atoms with Gasteiger partial charge in [-0.3, -0.25) is 18.9 Å². The zero-order valence-corrected chi connectivity index (χ0v) is 45.5. The molecule has 0 aliphatic heterocycles. The van der Waals surface area contributed by atoms with Crippen molar-refractivity contribution in [1.29, 1.82) is 0 Å². The van der Waals surface area contributed by atoms with E-state index >= 15 is 0 Å². The van der Waals surface area contributed by atoms with Crippen LogP contribution in [0.25, 0.3) is 21.5 Å². The molecular formula is C52H42CaCl2N6O12S2. The molecule has 380 valence electrons. The summed E-state index contributed by atoms with van der Waals surface area (Å²) in [6.07, 6.45) is 0.602. The number of nitrogens with zero attached hydrogens (tertiary/aromatic N) is 5. The molecule has 1 amide bonds. The van der Waals surface area contributed by atoms with Crippen molar-refractivity contribution in [2.45, 2.75) is 36.5 Å². The number of aromatic hydroxyl groups is 1. The smallest absolute Gasteiger partial charge is 0.871 e. The standard InChI is InChI=1S/2C26H22ClN3O6S.Ca/c2*1-3-15-11-12-21(22(27)25(15)37(33,34)35)29-30-23-19-10-5-4-7-16(19)13-20(24(23)31)26(32)28-17-8-6-9-18(14-17)36-2;/h2*4-14,31H,3H2,1-2H3,(H,28,32)(H,33,34,35);/q;;+2/p-2. The largest absolute Gasteiger partial charge is 2.00 e. The van der Waals surface area contributed by atoms with Crippen LogP contribution in [0.3, 0.4) is 0 Å². The number of nitrogens with one attached hydrogen (secondary N) is 1. The van der Waals surface area contributed by atoms with Crippen LogP contribution in [0.1, 0.15) is 40.9 Å². The molecular weight excluding hydrogens is 1080 g/mol. The summed E-state index contributed by atoms with van der Waals surface area (Å²) in [5.74, 6) is -1.47. The normalized spacial score (nSPS) is 11.9. The van der Waals surface area contributed by atoms with Gasteiger partial charge in [-0.05, 0) is 94.7 Å². The molecule has 0 spiro atoms. The molecule has 18 nitrogen and oxygen atoms in total. The number of carbonyl (C=O) groups is 1. The second-order valence-corrected chi connectivity index (χ2v) is 19.3. The van der Waals surface area contributed by atoms with Crippen molar-refractivity contribution in [2.24, 2.45) is 25.4 Å². The van der Waals surface area contributed by atoms with Crippen LogP contribution >= 0.6 is 23.2 Å². The number of aliphatic imine (C=N–C) groups is 1. The van der Waals surface area contributed by atoms with Crippen LogP contribution in [0.2, 0.25) is 10.0 Å². The van der Waals surface area contributed by atoms with Gasteiger partial charge >= 0.3 is 37.7 Å². The predicted molar refractivity (Wildman–Crippen MR) is 285 cm³/mol. The fourth-order valence-corrected chi connectivity index (χ4v) is 10.3. The first-order chi connectivity index (χ1) is 35.3. The molecule has 0 saturated carbocycles. The maximum absolute atomic E-state index is 13.3. The van der Waals surface area contributed by atoms with Crippen molar-refractivity contribution in [1.82, 2.24) is 0 Å². The third-order valence-electron chi connectivity index (χ3n) is 11.2. The predicted octanol–water partition coefficient (Wildman–Crippen LogP) is 11.5. The molecule has 8 rings (SSSR count). The number of hydrogen-bond donors (Lipinski definition) is 4. The third kappa shape index (κ3) is 13.2. The fraction of sp³-hybridized carbons (Fsp3) is 0.115. The van der Waals surface area contributed by atoms with E-state index in [1.165, 1.54) is 50.6 Å². The monoisotopic (exact) mass is 1120 g/mol. The minimum absolute atomic E-state index is 0. The van der Waals surface area contributed by atoms with Crippen molar-refractivity contribution >= 4 is 149 Å². The van der Waals surface area contributed by atoms with E-state index in [4.69, 9.17) is 32.7 Å². The first kappa shape index (κ1) is 57.6. The zero-order chi connectivity index (χ0) is 53.5. The number of phenols is 1. The van der Waals surface area contributed by atoms with Crippen molar-refractivity contribution in [3.05, 3.63) is 166 Å². The first-order valence-corrected chi connectivity index (χ1v) is 25.7. The van der Waals surface area contributed by atoms with Gasteiger partial charge in [-0.25, -0.2) is 0 Å². The number of anilines is 1. The van der Waals surface area contributed by atoms with Gasteiger partial charge in [0.1, 0.15) is 38.4 Å². The number of benzene rings is 8. The third-order valence-corrected chi connectivity index (χ3v) is 14.1. The molecule has 0 atom stereocenters. The van der Waals surface area contributed by atoms with E-state index in [-0.39, 0.29) is 81.7 Å². The first-order valence-electron chi connectivity index (χ1n) is 22.0. The maximum Gasteiger partial charge on any atom is 2.00 e. The Bertz CT molecular complexity index is 3830. The summed E-state index contributed by atoms with van der Waals surface area (Å²) in [5, 5.41) is 57.8. The van der Waals surface area contributed by atoms with Gasteiger partial charge in [0.25, 0.3) is 26.1 Å². The molecule has 0 saturated heterocycles. The van der Waals surface area contributed by atoms with E-state index in [9.17, 15) is 46.1 Å². The van der Waals surface area contributed by atoms with Gasteiger partial charge in [0.15, 0.2) is 5.75 Å². The van der Waals surface area contributed by atoms with Gasteiger partial charge in [-0.15, -0.1) is 15.3 Å². The SMILES string of the molecule is CCc1ccc(N=Nc2c(O)c(C(=O)Nc3cccc(OC)c3)cc3ccccc23)c(Cl)c1S(=O)(=O)O.CCc1ccc(N=Nc2c([O-])c(C([O-])=Nc3cccc(OC)c3)cc3ccccc23)c(Cl)c1S(=O)(=O)O.[Ca+2]. The summed E-state index contributed by atoms with van der Waals surface area (Å²) in [5.41, 5.74) is 0.826. The van der Waals surface area contributed by atoms with Crippen LogP contribution in [-0.4, -0.2) is 94.8 Å². The van der Waals surface area contributed by atoms with Gasteiger partial charge < -0.3 is 30.1 Å². The molecule has 0 heterocycles. The molecule has 0 fully saturated rings. The summed E-state index contributed by atoms with van der Waals surface area (Å²) in [6, 6.07) is 35.7. The van der Waals surface area contributed by atoms with Crippen LogP contribution in [-0.2, 0) is 33.1 Å². The molecule has 23 heteroatoms. The molecule has 0 bridgehead atoms. The van der Waals surface area contributed by atoms with Gasteiger partial charge in [0.05, 0.1) is 41.2 Å². The van der Waals surface area contributed by atoms with Crippen molar-refractivity contribution in [2.75, 3.05) is 19.5 Å². The van der Waals surface area contributed by atoms with Crippen molar-refractivity contribution in [3.8, 4) is 23.0 Å². The summed E-state index contributed by atoms with van der Waals surface area (Å²) >= 11 is 12.5. The molecule has 0 radical (unpaired) electrons. The Morgan fingerprint density at radius 2 is 1.11 bits per heavy atom. The average Bonchev–Trinajstić information content (AvgIpc) is 3.37. The van der Waals surface area contributed by atoms with E-state index in [2.05, 4.69) is 30.8 Å². The Balaban J connectivity index is 0.000000241. The van der Waals surface area contributed by atoms with Gasteiger partial charge in [0, 0.05) is 28.6 Å².